The molecule has 6 nitrogen and oxygen atoms in total. The summed E-state index contributed by atoms with van der Waals surface area (Å²) in [6.45, 7) is 2.04. The third-order valence-electron chi connectivity index (χ3n) is 7.73. The predicted molar refractivity (Wildman–Crippen MR) is 157 cm³/mol. The first-order valence-electron chi connectivity index (χ1n) is 13.2. The van der Waals surface area contributed by atoms with E-state index in [2.05, 4.69) is 23.2 Å². The summed E-state index contributed by atoms with van der Waals surface area (Å²) in [5.74, 6) is 0.843. The van der Waals surface area contributed by atoms with E-state index in [0.29, 0.717) is 32.9 Å². The van der Waals surface area contributed by atoms with Crippen LogP contribution < -0.4 is 0 Å². The van der Waals surface area contributed by atoms with Crippen molar-refractivity contribution in [1.29, 1.82) is 0 Å². The van der Waals surface area contributed by atoms with Crippen LogP contribution in [0.15, 0.2) is 113 Å². The zero-order valence-electron chi connectivity index (χ0n) is 21.5. The lowest BCUT2D eigenvalue weighted by atomic mass is 10.0. The highest BCUT2D eigenvalue weighted by Gasteiger charge is 2.33. The number of imidazole rings is 1. The van der Waals surface area contributed by atoms with Gasteiger partial charge in [0.1, 0.15) is 5.82 Å². The molecular formula is C33H22N4O2S. The fourth-order valence-corrected chi connectivity index (χ4v) is 7.46. The zero-order chi connectivity index (χ0) is 27.0. The van der Waals surface area contributed by atoms with Gasteiger partial charge in [0.25, 0.3) is 0 Å². The highest BCUT2D eigenvalue weighted by Crippen LogP contribution is 2.41. The summed E-state index contributed by atoms with van der Waals surface area (Å²) in [7, 11) is -3.70. The number of rotatable bonds is 3. The van der Waals surface area contributed by atoms with Gasteiger partial charge in [-0.25, -0.2) is 18.4 Å². The molecule has 40 heavy (non-hydrogen) atoms. The molecule has 7 aromatic rings. The standard InChI is InChI=1S/C33H22N4O2S/c1-2-30-35-26-18-24(19-29-33(26)37(30)27-7-3-4-8-28(27)40(29,38)39)20-9-11-21(12-10-20)25-16-15-23-14-13-22-6-5-17-34-31(22)32(23)36-25/h3-19H,2H2,1H3. The molecule has 0 N–H and O–H groups in total. The van der Waals surface area contributed by atoms with E-state index in [-0.39, 0.29) is 0 Å². The Morgan fingerprint density at radius 3 is 2.27 bits per heavy atom. The van der Waals surface area contributed by atoms with E-state index >= 15 is 0 Å². The first-order chi connectivity index (χ1) is 19.5. The molecule has 4 heterocycles. The molecule has 0 unspecified atom stereocenters. The van der Waals surface area contributed by atoms with Crippen LogP contribution in [0.25, 0.3) is 60.9 Å². The lowest BCUT2D eigenvalue weighted by molar-refractivity contribution is 0.594. The van der Waals surface area contributed by atoms with Crippen LogP contribution in [0.3, 0.4) is 0 Å². The van der Waals surface area contributed by atoms with Crippen LogP contribution in [-0.2, 0) is 16.3 Å². The van der Waals surface area contributed by atoms with E-state index < -0.39 is 9.84 Å². The Labute approximate surface area is 230 Å². The van der Waals surface area contributed by atoms with Crippen LogP contribution in [0.4, 0.5) is 0 Å². The molecule has 192 valence electrons. The average molecular weight is 539 g/mol. The van der Waals surface area contributed by atoms with Crippen molar-refractivity contribution in [2.75, 3.05) is 0 Å². The summed E-state index contributed by atoms with van der Waals surface area (Å²) < 4.78 is 29.5. The highest BCUT2D eigenvalue weighted by molar-refractivity contribution is 7.92. The number of pyridine rings is 2. The van der Waals surface area contributed by atoms with Crippen LogP contribution in [0.2, 0.25) is 0 Å². The third kappa shape index (κ3) is 3.21. The highest BCUT2D eigenvalue weighted by atomic mass is 32.2. The second kappa shape index (κ2) is 8.31. The fraction of sp³-hybridized carbons (Fsp3) is 0.0606. The van der Waals surface area contributed by atoms with Crippen molar-refractivity contribution < 1.29 is 8.42 Å². The Morgan fingerprint density at radius 2 is 1.45 bits per heavy atom. The maximum atomic E-state index is 13.7. The molecule has 4 aromatic carbocycles. The molecule has 0 spiro atoms. The number of fused-ring (bicyclic) bond motifs is 5. The quantitative estimate of drug-likeness (QED) is 0.223. The molecule has 0 atom stereocenters. The number of nitrogens with zero attached hydrogens (tertiary/aromatic N) is 4. The number of hydrogen-bond donors (Lipinski definition) is 0. The smallest absolute Gasteiger partial charge is 0.210 e. The van der Waals surface area contributed by atoms with E-state index in [4.69, 9.17) is 9.97 Å². The molecule has 8 rings (SSSR count). The normalized spacial score (nSPS) is 13.6. The number of aryl methyl sites for hydroxylation is 1. The van der Waals surface area contributed by atoms with Crippen LogP contribution >= 0.6 is 0 Å². The van der Waals surface area contributed by atoms with E-state index in [1.54, 1.807) is 24.4 Å². The number of hydrogen-bond acceptors (Lipinski definition) is 5. The van der Waals surface area contributed by atoms with Crippen molar-refractivity contribution in [2.24, 2.45) is 0 Å². The number of para-hydroxylation sites is 1. The zero-order valence-corrected chi connectivity index (χ0v) is 22.4. The van der Waals surface area contributed by atoms with Gasteiger partial charge in [-0.2, -0.15) is 0 Å². The maximum absolute atomic E-state index is 13.7. The molecule has 0 bridgehead atoms. The van der Waals surface area contributed by atoms with Gasteiger partial charge in [-0.1, -0.05) is 67.6 Å². The monoisotopic (exact) mass is 538 g/mol. The molecule has 0 saturated carbocycles. The molecule has 0 saturated heterocycles. The van der Waals surface area contributed by atoms with Crippen LogP contribution in [-0.4, -0.2) is 27.9 Å². The fourth-order valence-electron chi connectivity index (χ4n) is 5.79. The van der Waals surface area contributed by atoms with Gasteiger partial charge in [0.2, 0.25) is 9.84 Å². The largest absolute Gasteiger partial charge is 0.294 e. The Balaban J connectivity index is 1.26. The number of benzene rings is 4. The van der Waals surface area contributed by atoms with Gasteiger partial charge < -0.3 is 0 Å². The van der Waals surface area contributed by atoms with Crippen molar-refractivity contribution >= 4 is 42.7 Å². The van der Waals surface area contributed by atoms with Gasteiger partial charge >= 0.3 is 0 Å². The Hall–Kier alpha value is -4.88. The third-order valence-corrected chi connectivity index (χ3v) is 9.55. The first kappa shape index (κ1) is 23.0. The van der Waals surface area contributed by atoms with Gasteiger partial charge in [0.15, 0.2) is 0 Å². The summed E-state index contributed by atoms with van der Waals surface area (Å²) in [6.07, 6.45) is 2.48. The van der Waals surface area contributed by atoms with Gasteiger partial charge in [-0.3, -0.25) is 9.55 Å². The minimum absolute atomic E-state index is 0.297. The topological polar surface area (TPSA) is 77.7 Å². The molecule has 1 aliphatic rings. The van der Waals surface area contributed by atoms with Gasteiger partial charge in [-0.05, 0) is 47.5 Å². The summed E-state index contributed by atoms with van der Waals surface area (Å²) >= 11 is 0. The molecule has 0 aliphatic carbocycles. The lowest BCUT2D eigenvalue weighted by Crippen LogP contribution is -2.15. The summed E-state index contributed by atoms with van der Waals surface area (Å²) in [4.78, 5) is 15.0. The summed E-state index contributed by atoms with van der Waals surface area (Å²) in [6, 6.07) is 31.2. The van der Waals surface area contributed by atoms with Gasteiger partial charge in [0.05, 0.1) is 43.2 Å². The van der Waals surface area contributed by atoms with Gasteiger partial charge in [-0.15, -0.1) is 0 Å². The molecule has 0 radical (unpaired) electrons. The van der Waals surface area contributed by atoms with Crippen molar-refractivity contribution in [3.63, 3.8) is 0 Å². The predicted octanol–water partition coefficient (Wildman–Crippen LogP) is 7.16. The maximum Gasteiger partial charge on any atom is 0.210 e. The minimum atomic E-state index is -3.70. The Bertz CT molecular complexity index is 2270. The summed E-state index contributed by atoms with van der Waals surface area (Å²) in [5.41, 5.74) is 7.30. The second-order valence-electron chi connectivity index (χ2n) is 10.0. The van der Waals surface area contributed by atoms with Crippen molar-refractivity contribution in [1.82, 2.24) is 19.5 Å². The Morgan fingerprint density at radius 1 is 0.700 bits per heavy atom. The van der Waals surface area contributed by atoms with Crippen molar-refractivity contribution in [3.8, 4) is 28.1 Å². The molecule has 3 aromatic heterocycles. The number of sulfone groups is 1. The van der Waals surface area contributed by atoms with Crippen LogP contribution in [0.5, 0.6) is 0 Å². The Kier molecular flexibility index (Phi) is 4.79. The van der Waals surface area contributed by atoms with Crippen molar-refractivity contribution in [3.05, 3.63) is 109 Å². The summed E-state index contributed by atoms with van der Waals surface area (Å²) in [5, 5.41) is 2.10. The molecule has 1 aliphatic heterocycles. The van der Waals surface area contributed by atoms with E-state index in [0.717, 1.165) is 50.0 Å². The van der Waals surface area contributed by atoms with E-state index in [1.165, 1.54) is 0 Å². The lowest BCUT2D eigenvalue weighted by Gasteiger charge is -2.21. The average Bonchev–Trinajstić information content (AvgIpc) is 3.38. The molecule has 0 fully saturated rings. The van der Waals surface area contributed by atoms with E-state index in [9.17, 15) is 8.42 Å². The minimum Gasteiger partial charge on any atom is -0.294 e. The molecule has 7 heteroatoms. The van der Waals surface area contributed by atoms with Crippen molar-refractivity contribution in [2.45, 2.75) is 23.1 Å². The SMILES string of the molecule is CCc1nc2cc(-c3ccc(-c4ccc5ccc6cccnc6c5n4)cc3)cc3c2n1-c1ccccc1S3(=O)=O. The van der Waals surface area contributed by atoms with Gasteiger partial charge in [0, 0.05) is 29.0 Å². The molecular weight excluding hydrogens is 516 g/mol. The van der Waals surface area contributed by atoms with Crippen LogP contribution in [0.1, 0.15) is 12.7 Å². The van der Waals surface area contributed by atoms with E-state index in [1.807, 2.05) is 72.2 Å². The first-order valence-corrected chi connectivity index (χ1v) is 14.7. The second-order valence-corrected chi connectivity index (χ2v) is 11.9. The van der Waals surface area contributed by atoms with Crippen LogP contribution in [0, 0.1) is 0 Å². The number of aromatic nitrogens is 4. The molecule has 0 amide bonds.